The molecule has 0 bridgehead atoms. The van der Waals surface area contributed by atoms with Crippen molar-refractivity contribution in [2.75, 3.05) is 5.32 Å². The van der Waals surface area contributed by atoms with Crippen LogP contribution in [0.3, 0.4) is 0 Å². The number of amides is 1. The van der Waals surface area contributed by atoms with E-state index in [2.05, 4.69) is 15.3 Å². The van der Waals surface area contributed by atoms with E-state index in [4.69, 9.17) is 0 Å². The molecule has 0 spiro atoms. The lowest BCUT2D eigenvalue weighted by Gasteiger charge is -2.11. The van der Waals surface area contributed by atoms with Gasteiger partial charge >= 0.3 is 0 Å². The average molecular weight is 377 g/mol. The van der Waals surface area contributed by atoms with Crippen LogP contribution in [0.25, 0.3) is 11.3 Å². The minimum absolute atomic E-state index is 0.339. The number of aromatic nitrogens is 2. The third kappa shape index (κ3) is 4.08. The van der Waals surface area contributed by atoms with Crippen molar-refractivity contribution < 1.29 is 18.0 Å². The number of thioether (sulfide) groups is 1. The minimum Gasteiger partial charge on any atom is -0.333 e. The minimum atomic E-state index is -0.841. The summed E-state index contributed by atoms with van der Waals surface area (Å²) in [6, 6.07) is 9.24. The highest BCUT2D eigenvalue weighted by atomic mass is 32.2. The molecule has 2 aromatic carbocycles. The molecule has 1 atom stereocenters. The maximum atomic E-state index is 13.6. The van der Waals surface area contributed by atoms with Crippen LogP contribution in [-0.4, -0.2) is 21.1 Å². The Kier molecular flexibility index (Phi) is 5.32. The standard InChI is InChI=1S/C18H14F3N3OS/c1-10(17(25)24-16-13(20)3-2-4-14(16)21)26-18-22-9-15(23-18)11-5-7-12(19)8-6-11/h2-10H,1H3,(H,22,23)(H,24,25). The molecule has 3 aromatic rings. The van der Waals surface area contributed by atoms with Gasteiger partial charge in [0.05, 0.1) is 17.1 Å². The third-order valence-electron chi connectivity index (χ3n) is 3.58. The highest BCUT2D eigenvalue weighted by Gasteiger charge is 2.19. The van der Waals surface area contributed by atoms with Gasteiger partial charge < -0.3 is 10.3 Å². The lowest BCUT2D eigenvalue weighted by atomic mass is 10.2. The van der Waals surface area contributed by atoms with E-state index in [0.717, 1.165) is 29.5 Å². The van der Waals surface area contributed by atoms with E-state index in [1.54, 1.807) is 25.3 Å². The number of para-hydroxylation sites is 1. The number of carbonyl (C=O) groups excluding carboxylic acids is 1. The molecule has 1 aromatic heterocycles. The summed E-state index contributed by atoms with van der Waals surface area (Å²) in [5.41, 5.74) is 0.938. The normalized spacial score (nSPS) is 12.0. The average Bonchev–Trinajstić information content (AvgIpc) is 3.07. The predicted octanol–water partition coefficient (Wildman–Crippen LogP) is 4.61. The summed E-state index contributed by atoms with van der Waals surface area (Å²) in [4.78, 5) is 19.4. The SMILES string of the molecule is CC(Sc1ncc(-c2ccc(F)cc2)[nH]1)C(=O)Nc1c(F)cccc1F. The van der Waals surface area contributed by atoms with Gasteiger partial charge in [0.25, 0.3) is 0 Å². The van der Waals surface area contributed by atoms with Crippen molar-refractivity contribution in [2.24, 2.45) is 0 Å². The van der Waals surface area contributed by atoms with Crippen LogP contribution >= 0.6 is 11.8 Å². The highest BCUT2D eigenvalue weighted by Crippen LogP contribution is 2.26. The number of aromatic amines is 1. The monoisotopic (exact) mass is 377 g/mol. The number of H-pyrrole nitrogens is 1. The highest BCUT2D eigenvalue weighted by molar-refractivity contribution is 8.00. The van der Waals surface area contributed by atoms with Gasteiger partial charge in [-0.25, -0.2) is 18.2 Å². The molecular formula is C18H14F3N3OS. The maximum absolute atomic E-state index is 13.6. The van der Waals surface area contributed by atoms with Crippen LogP contribution in [0.1, 0.15) is 6.92 Å². The molecule has 0 aliphatic carbocycles. The van der Waals surface area contributed by atoms with E-state index in [-0.39, 0.29) is 5.82 Å². The van der Waals surface area contributed by atoms with Gasteiger partial charge in [0.15, 0.2) is 5.16 Å². The molecule has 0 radical (unpaired) electrons. The summed E-state index contributed by atoms with van der Waals surface area (Å²) in [6.45, 7) is 1.60. The second-order valence-corrected chi connectivity index (χ2v) is 6.78. The summed E-state index contributed by atoms with van der Waals surface area (Å²) >= 11 is 1.10. The van der Waals surface area contributed by atoms with Crippen molar-refractivity contribution in [1.82, 2.24) is 9.97 Å². The topological polar surface area (TPSA) is 57.8 Å². The van der Waals surface area contributed by atoms with E-state index in [1.165, 1.54) is 18.2 Å². The number of nitrogens with zero attached hydrogens (tertiary/aromatic N) is 1. The number of hydrogen-bond acceptors (Lipinski definition) is 3. The molecule has 1 unspecified atom stereocenters. The van der Waals surface area contributed by atoms with Gasteiger partial charge in [-0.2, -0.15) is 0 Å². The Bertz CT molecular complexity index is 907. The lowest BCUT2D eigenvalue weighted by Crippen LogP contribution is -2.23. The molecule has 0 aliphatic heterocycles. The van der Waals surface area contributed by atoms with Gasteiger partial charge in [0, 0.05) is 0 Å². The van der Waals surface area contributed by atoms with Crippen molar-refractivity contribution in [3.8, 4) is 11.3 Å². The molecule has 134 valence electrons. The smallest absolute Gasteiger partial charge is 0.237 e. The van der Waals surface area contributed by atoms with Gasteiger partial charge in [-0.05, 0) is 48.9 Å². The van der Waals surface area contributed by atoms with Crippen molar-refractivity contribution >= 4 is 23.4 Å². The lowest BCUT2D eigenvalue weighted by molar-refractivity contribution is -0.115. The van der Waals surface area contributed by atoms with Crippen LogP contribution in [0, 0.1) is 17.5 Å². The molecule has 2 N–H and O–H groups in total. The van der Waals surface area contributed by atoms with Crippen LogP contribution in [0.15, 0.2) is 53.8 Å². The number of carbonyl (C=O) groups is 1. The van der Waals surface area contributed by atoms with Crippen LogP contribution in [0.5, 0.6) is 0 Å². The van der Waals surface area contributed by atoms with Crippen LogP contribution in [0.4, 0.5) is 18.9 Å². The Morgan fingerprint density at radius 3 is 2.42 bits per heavy atom. The van der Waals surface area contributed by atoms with Crippen molar-refractivity contribution in [3.63, 3.8) is 0 Å². The zero-order chi connectivity index (χ0) is 18.7. The third-order valence-corrected chi connectivity index (χ3v) is 4.57. The molecular weight excluding hydrogens is 363 g/mol. The molecule has 0 saturated carbocycles. The van der Waals surface area contributed by atoms with Gasteiger partial charge in [-0.1, -0.05) is 17.8 Å². The van der Waals surface area contributed by atoms with Crippen LogP contribution < -0.4 is 5.32 Å². The number of nitrogens with one attached hydrogen (secondary N) is 2. The number of imidazole rings is 1. The fraction of sp³-hybridized carbons (Fsp3) is 0.111. The molecule has 1 heterocycles. The molecule has 8 heteroatoms. The maximum Gasteiger partial charge on any atom is 0.237 e. The van der Waals surface area contributed by atoms with Crippen LogP contribution in [0.2, 0.25) is 0 Å². The molecule has 26 heavy (non-hydrogen) atoms. The largest absolute Gasteiger partial charge is 0.333 e. The zero-order valence-electron chi connectivity index (χ0n) is 13.6. The molecule has 0 saturated heterocycles. The fourth-order valence-corrected chi connectivity index (χ4v) is 2.99. The van der Waals surface area contributed by atoms with E-state index in [9.17, 15) is 18.0 Å². The summed E-state index contributed by atoms with van der Waals surface area (Å²) in [6.07, 6.45) is 1.57. The first kappa shape index (κ1) is 18.1. The predicted molar refractivity (Wildman–Crippen MR) is 94.3 cm³/mol. The quantitative estimate of drug-likeness (QED) is 0.638. The first-order valence-corrected chi connectivity index (χ1v) is 8.54. The molecule has 3 rings (SSSR count). The van der Waals surface area contributed by atoms with Crippen molar-refractivity contribution in [1.29, 1.82) is 0 Å². The second-order valence-electron chi connectivity index (χ2n) is 5.45. The fourth-order valence-electron chi connectivity index (χ4n) is 2.20. The Morgan fingerprint density at radius 2 is 1.77 bits per heavy atom. The van der Waals surface area contributed by atoms with E-state index < -0.39 is 28.5 Å². The summed E-state index contributed by atoms with van der Waals surface area (Å²) in [5.74, 6) is -2.58. The first-order valence-electron chi connectivity index (χ1n) is 7.66. The molecule has 1 amide bonds. The summed E-state index contributed by atoms with van der Waals surface area (Å²) < 4.78 is 40.2. The summed E-state index contributed by atoms with van der Waals surface area (Å²) in [7, 11) is 0. The van der Waals surface area contributed by atoms with E-state index in [1.807, 2.05) is 0 Å². The molecule has 0 fully saturated rings. The van der Waals surface area contributed by atoms with Gasteiger partial charge in [-0.15, -0.1) is 0 Å². The van der Waals surface area contributed by atoms with Crippen molar-refractivity contribution in [2.45, 2.75) is 17.3 Å². The molecule has 0 aliphatic rings. The molecule has 4 nitrogen and oxygen atoms in total. The first-order chi connectivity index (χ1) is 12.4. The van der Waals surface area contributed by atoms with Crippen LogP contribution in [-0.2, 0) is 4.79 Å². The number of anilines is 1. The number of benzene rings is 2. The van der Waals surface area contributed by atoms with Crippen molar-refractivity contribution in [3.05, 3.63) is 66.1 Å². The van der Waals surface area contributed by atoms with Gasteiger partial charge in [0.1, 0.15) is 23.1 Å². The summed E-state index contributed by atoms with van der Waals surface area (Å²) in [5, 5.41) is 2.06. The van der Waals surface area contributed by atoms with Gasteiger partial charge in [-0.3, -0.25) is 4.79 Å². The Balaban J connectivity index is 1.67. The van der Waals surface area contributed by atoms with E-state index >= 15 is 0 Å². The second kappa shape index (κ2) is 7.65. The Labute approximate surface area is 151 Å². The zero-order valence-corrected chi connectivity index (χ0v) is 14.4. The number of rotatable bonds is 5. The Hall–Kier alpha value is -2.74. The van der Waals surface area contributed by atoms with E-state index in [0.29, 0.717) is 10.9 Å². The number of halogens is 3. The van der Waals surface area contributed by atoms with Gasteiger partial charge in [0.2, 0.25) is 5.91 Å². The number of hydrogen-bond donors (Lipinski definition) is 2. The Morgan fingerprint density at radius 1 is 1.12 bits per heavy atom.